The van der Waals surface area contributed by atoms with Crippen LogP contribution < -0.4 is 4.74 Å². The van der Waals surface area contributed by atoms with Crippen LogP contribution in [0.5, 0.6) is 5.88 Å². The lowest BCUT2D eigenvalue weighted by molar-refractivity contribution is 0.228. The van der Waals surface area contributed by atoms with Crippen molar-refractivity contribution in [1.29, 1.82) is 0 Å². The molecule has 0 saturated carbocycles. The van der Waals surface area contributed by atoms with Crippen molar-refractivity contribution in [3.8, 4) is 5.88 Å². The van der Waals surface area contributed by atoms with Crippen LogP contribution in [0.4, 0.5) is 0 Å². The van der Waals surface area contributed by atoms with Gasteiger partial charge in [0.2, 0.25) is 5.88 Å². The maximum atomic E-state index is 5.23. The van der Waals surface area contributed by atoms with Gasteiger partial charge in [0.15, 0.2) is 0 Å². The summed E-state index contributed by atoms with van der Waals surface area (Å²) in [6.45, 7) is 9.03. The molecule has 1 aromatic heterocycles. The van der Waals surface area contributed by atoms with Crippen molar-refractivity contribution < 1.29 is 4.74 Å². The normalized spacial score (nSPS) is 20.6. The van der Waals surface area contributed by atoms with Gasteiger partial charge < -0.3 is 4.74 Å². The highest BCUT2D eigenvalue weighted by atomic mass is 16.5. The van der Waals surface area contributed by atoms with Gasteiger partial charge in [-0.25, -0.2) is 4.98 Å². The van der Waals surface area contributed by atoms with Crippen molar-refractivity contribution in [2.75, 3.05) is 20.2 Å². The summed E-state index contributed by atoms with van der Waals surface area (Å²) in [4.78, 5) is 7.00. The van der Waals surface area contributed by atoms with E-state index in [4.69, 9.17) is 4.74 Å². The Morgan fingerprint density at radius 3 is 2.89 bits per heavy atom. The Labute approximate surface area is 110 Å². The van der Waals surface area contributed by atoms with Crippen LogP contribution in [0.2, 0.25) is 0 Å². The second-order valence-electron chi connectivity index (χ2n) is 5.64. The lowest BCUT2D eigenvalue weighted by atomic mass is 10.0. The fraction of sp³-hybridized carbons (Fsp3) is 0.667. The van der Waals surface area contributed by atoms with Crippen LogP contribution in [0.3, 0.4) is 0 Å². The van der Waals surface area contributed by atoms with Crippen LogP contribution in [-0.4, -0.2) is 30.1 Å². The molecule has 0 N–H and O–H groups in total. The molecule has 2 rings (SSSR count). The molecule has 0 aliphatic carbocycles. The molecule has 0 unspecified atom stereocenters. The molecule has 1 saturated heterocycles. The smallest absolute Gasteiger partial charge is 0.215 e. The van der Waals surface area contributed by atoms with Gasteiger partial charge in [-0.05, 0) is 43.9 Å². The summed E-state index contributed by atoms with van der Waals surface area (Å²) in [5.74, 6) is 1.46. The highest BCUT2D eigenvalue weighted by Crippen LogP contribution is 2.33. The van der Waals surface area contributed by atoms with E-state index >= 15 is 0 Å². The number of aromatic nitrogens is 1. The minimum atomic E-state index is 0.546. The van der Waals surface area contributed by atoms with Gasteiger partial charge >= 0.3 is 0 Å². The lowest BCUT2D eigenvalue weighted by Crippen LogP contribution is -2.27. The minimum absolute atomic E-state index is 0.546. The number of pyridine rings is 1. The average Bonchev–Trinajstić information content (AvgIpc) is 2.76. The number of likely N-dealkylation sites (tertiary alicyclic amines) is 1. The molecule has 3 heteroatoms. The monoisotopic (exact) mass is 248 g/mol. The second kappa shape index (κ2) is 5.70. The first-order chi connectivity index (χ1) is 8.61. The molecule has 1 atom stereocenters. The van der Waals surface area contributed by atoms with Gasteiger partial charge in [0.1, 0.15) is 0 Å². The Kier molecular flexibility index (Phi) is 4.23. The van der Waals surface area contributed by atoms with E-state index in [1.54, 1.807) is 7.11 Å². The Hall–Kier alpha value is -1.09. The fourth-order valence-corrected chi connectivity index (χ4v) is 2.87. The van der Waals surface area contributed by atoms with Crippen LogP contribution in [0.25, 0.3) is 0 Å². The quantitative estimate of drug-likeness (QED) is 0.818. The Bertz CT molecular complexity index is 403. The highest BCUT2D eigenvalue weighted by molar-refractivity contribution is 5.30. The third-order valence-corrected chi connectivity index (χ3v) is 3.59. The Balaban J connectivity index is 2.17. The van der Waals surface area contributed by atoms with E-state index in [2.05, 4.69) is 36.7 Å². The first-order valence-electron chi connectivity index (χ1n) is 6.86. The number of hydrogen-bond acceptors (Lipinski definition) is 3. The first kappa shape index (κ1) is 13.3. The average molecular weight is 248 g/mol. The number of aryl methyl sites for hydroxylation is 1. The number of nitrogens with zero attached hydrogens (tertiary/aromatic N) is 2. The zero-order valence-electron chi connectivity index (χ0n) is 11.9. The van der Waals surface area contributed by atoms with Gasteiger partial charge in [0, 0.05) is 24.3 Å². The minimum Gasteiger partial charge on any atom is -0.481 e. The summed E-state index contributed by atoms with van der Waals surface area (Å²) < 4.78 is 5.23. The van der Waals surface area contributed by atoms with Gasteiger partial charge in [0.25, 0.3) is 0 Å². The van der Waals surface area contributed by atoms with Crippen molar-refractivity contribution in [2.24, 2.45) is 5.92 Å². The van der Waals surface area contributed by atoms with Crippen LogP contribution in [0.15, 0.2) is 12.3 Å². The largest absolute Gasteiger partial charge is 0.481 e. The first-order valence-corrected chi connectivity index (χ1v) is 6.86. The van der Waals surface area contributed by atoms with Crippen molar-refractivity contribution >= 4 is 0 Å². The van der Waals surface area contributed by atoms with Gasteiger partial charge in [-0.3, -0.25) is 4.90 Å². The topological polar surface area (TPSA) is 25.4 Å². The number of ether oxygens (including phenoxy) is 1. The van der Waals surface area contributed by atoms with Crippen molar-refractivity contribution in [1.82, 2.24) is 9.88 Å². The van der Waals surface area contributed by atoms with E-state index < -0.39 is 0 Å². The maximum absolute atomic E-state index is 5.23. The Morgan fingerprint density at radius 2 is 2.28 bits per heavy atom. The predicted octanol–water partition coefficient (Wildman–Crippen LogP) is 3.19. The fourth-order valence-electron chi connectivity index (χ4n) is 2.87. The van der Waals surface area contributed by atoms with Gasteiger partial charge in [-0.15, -0.1) is 0 Å². The molecular weight excluding hydrogens is 224 g/mol. The maximum Gasteiger partial charge on any atom is 0.215 e. The molecule has 100 valence electrons. The van der Waals surface area contributed by atoms with E-state index in [1.807, 2.05) is 6.20 Å². The lowest BCUT2D eigenvalue weighted by Gasteiger charge is -2.26. The number of rotatable bonds is 4. The van der Waals surface area contributed by atoms with E-state index in [0.29, 0.717) is 6.04 Å². The van der Waals surface area contributed by atoms with Crippen molar-refractivity contribution in [2.45, 2.75) is 39.7 Å². The van der Waals surface area contributed by atoms with Crippen molar-refractivity contribution in [3.05, 3.63) is 23.4 Å². The van der Waals surface area contributed by atoms with E-state index in [0.717, 1.165) is 17.4 Å². The van der Waals surface area contributed by atoms with Crippen LogP contribution in [0, 0.1) is 12.8 Å². The summed E-state index contributed by atoms with van der Waals surface area (Å²) in [5.41, 5.74) is 2.47. The summed E-state index contributed by atoms with van der Waals surface area (Å²) in [6.07, 6.45) is 4.53. The molecule has 0 aromatic carbocycles. The molecule has 0 spiro atoms. The number of methoxy groups -OCH3 is 1. The zero-order chi connectivity index (χ0) is 13.1. The molecule has 18 heavy (non-hydrogen) atoms. The predicted molar refractivity (Wildman–Crippen MR) is 73.9 cm³/mol. The van der Waals surface area contributed by atoms with Crippen LogP contribution >= 0.6 is 0 Å². The highest BCUT2D eigenvalue weighted by Gasteiger charge is 2.26. The third-order valence-electron chi connectivity index (χ3n) is 3.59. The second-order valence-corrected chi connectivity index (χ2v) is 5.64. The summed E-state index contributed by atoms with van der Waals surface area (Å²) >= 11 is 0. The molecule has 0 bridgehead atoms. The van der Waals surface area contributed by atoms with Gasteiger partial charge in [-0.2, -0.15) is 0 Å². The van der Waals surface area contributed by atoms with Gasteiger partial charge in [-0.1, -0.05) is 13.8 Å². The molecular formula is C15H24N2O. The summed E-state index contributed by atoms with van der Waals surface area (Å²) in [7, 11) is 1.68. The summed E-state index contributed by atoms with van der Waals surface area (Å²) in [6, 6.07) is 2.78. The molecule has 1 aliphatic rings. The molecule has 0 amide bonds. The van der Waals surface area contributed by atoms with Crippen LogP contribution in [-0.2, 0) is 0 Å². The standard InChI is InChI=1S/C15H24N2O/c1-11(2)10-17-7-5-6-14(17)13-8-12(3)15(18-4)16-9-13/h8-9,11,14H,5-7,10H2,1-4H3/t14-/m1/s1. The van der Waals surface area contributed by atoms with E-state index in [9.17, 15) is 0 Å². The van der Waals surface area contributed by atoms with E-state index in [-0.39, 0.29) is 0 Å². The molecule has 1 fully saturated rings. The summed E-state index contributed by atoms with van der Waals surface area (Å²) in [5, 5.41) is 0. The molecule has 3 nitrogen and oxygen atoms in total. The van der Waals surface area contributed by atoms with Gasteiger partial charge in [0.05, 0.1) is 7.11 Å². The van der Waals surface area contributed by atoms with E-state index in [1.165, 1.54) is 31.5 Å². The SMILES string of the molecule is COc1ncc([C@H]2CCCN2CC(C)C)cc1C. The Morgan fingerprint density at radius 1 is 1.50 bits per heavy atom. The molecule has 1 aromatic rings. The third kappa shape index (κ3) is 2.83. The molecule has 0 radical (unpaired) electrons. The number of hydrogen-bond donors (Lipinski definition) is 0. The van der Waals surface area contributed by atoms with Crippen LogP contribution in [0.1, 0.15) is 43.9 Å². The van der Waals surface area contributed by atoms with Crippen molar-refractivity contribution in [3.63, 3.8) is 0 Å². The molecule has 2 heterocycles. The molecule has 1 aliphatic heterocycles. The zero-order valence-corrected chi connectivity index (χ0v) is 11.9.